The maximum absolute atomic E-state index is 14.5. The number of phenols is 1. The van der Waals surface area contributed by atoms with Gasteiger partial charge in [-0.05, 0) is 56.1 Å². The van der Waals surface area contributed by atoms with Crippen LogP contribution in [0.3, 0.4) is 0 Å². The number of unbranched alkanes of at least 4 members (excludes halogenated alkanes) is 1. The Morgan fingerprint density at radius 1 is 1.26 bits per heavy atom. The number of hydrogen-bond acceptors (Lipinski definition) is 10. The van der Waals surface area contributed by atoms with E-state index in [4.69, 9.17) is 9.26 Å². The first kappa shape index (κ1) is 25.9. The van der Waals surface area contributed by atoms with Crippen molar-refractivity contribution < 1.29 is 48.5 Å². The zero-order chi connectivity index (χ0) is 27.7. The molecule has 38 heavy (non-hydrogen) atoms. The molecule has 0 radical (unpaired) electrons. The van der Waals surface area contributed by atoms with E-state index in [9.17, 15) is 39.2 Å². The average molecular weight is 531 g/mol. The minimum atomic E-state index is -2.63. The van der Waals surface area contributed by atoms with E-state index in [0.717, 1.165) is 12.5 Å². The average Bonchev–Trinajstić information content (AvgIpc) is 3.24. The quantitative estimate of drug-likeness (QED) is 0.320. The summed E-state index contributed by atoms with van der Waals surface area (Å²) >= 11 is 0. The monoisotopic (exact) mass is 530 g/mol. The summed E-state index contributed by atoms with van der Waals surface area (Å²) in [7, 11) is 3.38. The number of aromatic carboxylic acids is 1. The number of carbonyl (C=O) groups is 3. The van der Waals surface area contributed by atoms with Crippen LogP contribution in [0, 0.1) is 17.7 Å². The highest BCUT2D eigenvalue weighted by Crippen LogP contribution is 2.56. The predicted molar refractivity (Wildman–Crippen MR) is 127 cm³/mol. The predicted octanol–water partition coefficient (Wildman–Crippen LogP) is 2.66. The SMILES string of the molecule is CCCCOc1noc2c1C(=O)[C@@]1(O)C(=O)C3=C(O)c4c(cc(F)c(C(=O)O)c4O)C[C@H]3C[C@H]1[C@@H]2N(C)C. The highest BCUT2D eigenvalue weighted by atomic mass is 19.1. The van der Waals surface area contributed by atoms with Crippen LogP contribution >= 0.6 is 0 Å². The summed E-state index contributed by atoms with van der Waals surface area (Å²) < 4.78 is 25.7. The maximum atomic E-state index is 14.5. The molecular formula is C26H27FN2O9. The highest BCUT2D eigenvalue weighted by molar-refractivity contribution is 6.26. The molecule has 0 amide bonds. The molecule has 4 atom stereocenters. The summed E-state index contributed by atoms with van der Waals surface area (Å²) in [4.78, 5) is 40.9. The number of aliphatic hydroxyl groups excluding tert-OH is 1. The number of ether oxygens (including phenoxy) is 1. The van der Waals surface area contributed by atoms with Crippen molar-refractivity contribution in [1.82, 2.24) is 10.1 Å². The van der Waals surface area contributed by atoms with E-state index < -0.39 is 69.5 Å². The number of Topliss-reactive ketones (excluding diaryl/α,β-unsaturated/α-hetero) is 2. The van der Waals surface area contributed by atoms with Crippen molar-refractivity contribution in [3.8, 4) is 11.6 Å². The van der Waals surface area contributed by atoms with Crippen LogP contribution in [-0.4, -0.2) is 74.3 Å². The van der Waals surface area contributed by atoms with Gasteiger partial charge in [0.25, 0.3) is 5.88 Å². The lowest BCUT2D eigenvalue weighted by molar-refractivity contribution is -0.142. The molecule has 1 aromatic heterocycles. The number of aromatic hydroxyl groups is 1. The summed E-state index contributed by atoms with van der Waals surface area (Å²) in [6.07, 6.45) is 1.46. The molecule has 202 valence electrons. The third-order valence-corrected chi connectivity index (χ3v) is 7.78. The number of hydrogen-bond donors (Lipinski definition) is 4. The minimum absolute atomic E-state index is 0.0187. The number of ketones is 2. The minimum Gasteiger partial charge on any atom is -0.507 e. The standard InChI is InChI=1S/C26H27FN2O9/c1-4-5-6-37-24-17-21(38-28-24)18(29(2)3)12-8-10-7-11-9-13(27)16(25(34)35)20(31)14(11)19(30)15(10)22(32)26(12,36)23(17)33/h9-10,12,18,30-31,36H,4-8H2,1-3H3,(H,34,35)/t10-,12-,18-,26-/m0/s1. The second kappa shape index (κ2) is 8.91. The Morgan fingerprint density at radius 3 is 2.61 bits per heavy atom. The van der Waals surface area contributed by atoms with Gasteiger partial charge in [0.05, 0.1) is 18.2 Å². The summed E-state index contributed by atoms with van der Waals surface area (Å²) in [5, 5.41) is 46.7. The Kier molecular flexibility index (Phi) is 6.07. The first-order valence-corrected chi connectivity index (χ1v) is 12.3. The fourth-order valence-electron chi connectivity index (χ4n) is 6.06. The summed E-state index contributed by atoms with van der Waals surface area (Å²) in [5.74, 6) is -8.60. The molecule has 3 aliphatic rings. The number of rotatable bonds is 6. The Bertz CT molecular complexity index is 1410. The molecule has 3 aliphatic carbocycles. The van der Waals surface area contributed by atoms with Gasteiger partial charge in [0.1, 0.15) is 28.5 Å². The van der Waals surface area contributed by atoms with Gasteiger partial charge in [-0.2, -0.15) is 0 Å². The number of aromatic nitrogens is 1. The molecule has 5 rings (SSSR count). The van der Waals surface area contributed by atoms with Gasteiger partial charge in [0.15, 0.2) is 11.4 Å². The van der Waals surface area contributed by atoms with Gasteiger partial charge < -0.3 is 29.7 Å². The lowest BCUT2D eigenvalue weighted by Crippen LogP contribution is -2.63. The zero-order valence-corrected chi connectivity index (χ0v) is 20.9. The number of halogens is 1. The highest BCUT2D eigenvalue weighted by Gasteiger charge is 2.65. The molecule has 1 saturated carbocycles. The van der Waals surface area contributed by atoms with E-state index in [-0.39, 0.29) is 47.8 Å². The molecule has 0 bridgehead atoms. The number of fused-ring (bicyclic) bond motifs is 4. The normalized spacial score (nSPS) is 26.1. The first-order valence-electron chi connectivity index (χ1n) is 12.3. The summed E-state index contributed by atoms with van der Waals surface area (Å²) in [5.41, 5.74) is -4.47. The van der Waals surface area contributed by atoms with E-state index in [1.165, 1.54) is 0 Å². The van der Waals surface area contributed by atoms with Crippen LogP contribution in [0.15, 0.2) is 16.2 Å². The van der Waals surface area contributed by atoms with Crippen molar-refractivity contribution in [3.63, 3.8) is 0 Å². The molecule has 4 N–H and O–H groups in total. The molecule has 11 nitrogen and oxygen atoms in total. The third kappa shape index (κ3) is 3.39. The van der Waals surface area contributed by atoms with Crippen LogP contribution < -0.4 is 4.74 Å². The van der Waals surface area contributed by atoms with Crippen LogP contribution in [0.2, 0.25) is 0 Å². The fourth-order valence-corrected chi connectivity index (χ4v) is 6.06. The van der Waals surface area contributed by atoms with Gasteiger partial charge in [-0.25, -0.2) is 9.18 Å². The Balaban J connectivity index is 1.68. The smallest absolute Gasteiger partial charge is 0.342 e. The topological polar surface area (TPSA) is 171 Å². The third-order valence-electron chi connectivity index (χ3n) is 7.78. The van der Waals surface area contributed by atoms with Gasteiger partial charge in [-0.3, -0.25) is 14.5 Å². The largest absolute Gasteiger partial charge is 0.507 e. The van der Waals surface area contributed by atoms with Gasteiger partial charge in [-0.15, -0.1) is 0 Å². The van der Waals surface area contributed by atoms with Crippen molar-refractivity contribution in [2.75, 3.05) is 20.7 Å². The Morgan fingerprint density at radius 2 is 1.97 bits per heavy atom. The lowest BCUT2D eigenvalue weighted by atomic mass is 9.57. The molecule has 1 heterocycles. The van der Waals surface area contributed by atoms with Gasteiger partial charge in [0, 0.05) is 11.5 Å². The Hall–Kier alpha value is -3.77. The van der Waals surface area contributed by atoms with Crippen molar-refractivity contribution in [1.29, 1.82) is 0 Å². The first-order chi connectivity index (χ1) is 17.9. The number of aliphatic hydroxyl groups is 2. The molecular weight excluding hydrogens is 503 g/mol. The summed E-state index contributed by atoms with van der Waals surface area (Å²) in [6, 6.07) is 0.137. The molecule has 2 aromatic rings. The van der Waals surface area contributed by atoms with Crippen molar-refractivity contribution in [2.24, 2.45) is 11.8 Å². The van der Waals surface area contributed by atoms with E-state index in [1.54, 1.807) is 19.0 Å². The number of carbonyl (C=O) groups excluding carboxylic acids is 2. The van der Waals surface area contributed by atoms with Crippen LogP contribution in [0.5, 0.6) is 11.6 Å². The van der Waals surface area contributed by atoms with E-state index >= 15 is 0 Å². The van der Waals surface area contributed by atoms with E-state index in [1.807, 2.05) is 6.92 Å². The number of carboxylic acid groups (broad SMARTS) is 1. The number of carboxylic acids is 1. The van der Waals surface area contributed by atoms with Crippen LogP contribution in [0.4, 0.5) is 4.39 Å². The van der Waals surface area contributed by atoms with Crippen molar-refractivity contribution in [3.05, 3.63) is 45.5 Å². The van der Waals surface area contributed by atoms with Crippen LogP contribution in [0.25, 0.3) is 5.76 Å². The van der Waals surface area contributed by atoms with Gasteiger partial charge in [-0.1, -0.05) is 13.3 Å². The number of benzene rings is 1. The van der Waals surface area contributed by atoms with Gasteiger partial charge >= 0.3 is 5.97 Å². The van der Waals surface area contributed by atoms with E-state index in [2.05, 4.69) is 5.16 Å². The second-order valence-corrected chi connectivity index (χ2v) is 10.2. The van der Waals surface area contributed by atoms with Gasteiger partial charge in [0.2, 0.25) is 11.6 Å². The van der Waals surface area contributed by atoms with Crippen LogP contribution in [0.1, 0.15) is 69.8 Å². The maximum Gasteiger partial charge on any atom is 0.342 e. The second-order valence-electron chi connectivity index (χ2n) is 10.2. The lowest BCUT2D eigenvalue weighted by Gasteiger charge is -2.49. The van der Waals surface area contributed by atoms with Crippen molar-refractivity contribution in [2.45, 2.75) is 44.2 Å². The van der Waals surface area contributed by atoms with Crippen molar-refractivity contribution >= 4 is 23.3 Å². The molecule has 0 spiro atoms. The molecule has 0 aliphatic heterocycles. The molecule has 1 fully saturated rings. The van der Waals surface area contributed by atoms with Crippen LogP contribution in [-0.2, 0) is 11.2 Å². The molecule has 0 saturated heterocycles. The fraction of sp³-hybridized carbons (Fsp3) is 0.462. The molecule has 1 aromatic carbocycles. The zero-order valence-electron chi connectivity index (χ0n) is 20.9. The van der Waals surface area contributed by atoms with E-state index in [0.29, 0.717) is 6.42 Å². The summed E-state index contributed by atoms with van der Waals surface area (Å²) in [6.45, 7) is 2.19. The molecule has 12 heteroatoms. The Labute approximate surface area is 216 Å². The number of nitrogens with zero attached hydrogens (tertiary/aromatic N) is 2. The molecule has 0 unspecified atom stereocenters.